The van der Waals surface area contributed by atoms with Crippen molar-refractivity contribution < 1.29 is 0 Å². The van der Waals surface area contributed by atoms with Crippen molar-refractivity contribution in [3.05, 3.63) is 35.9 Å². The number of piperidine rings is 1. The first-order valence-electron chi connectivity index (χ1n) is 6.68. The molecular weight excluding hydrogens is 208 g/mol. The van der Waals surface area contributed by atoms with E-state index >= 15 is 0 Å². The first-order chi connectivity index (χ1) is 8.25. The Morgan fingerprint density at radius 2 is 1.94 bits per heavy atom. The van der Waals surface area contributed by atoms with Gasteiger partial charge in [0, 0.05) is 19.1 Å². The van der Waals surface area contributed by atoms with E-state index in [1.807, 2.05) is 0 Å². The van der Waals surface area contributed by atoms with E-state index < -0.39 is 0 Å². The molecule has 1 unspecified atom stereocenters. The smallest absolute Gasteiger partial charge is 0.0237 e. The number of hydrogen-bond acceptors (Lipinski definition) is 2. The first-order valence-corrected chi connectivity index (χ1v) is 6.68. The van der Waals surface area contributed by atoms with E-state index in [0.29, 0.717) is 0 Å². The molecule has 17 heavy (non-hydrogen) atoms. The SMILES string of the molecule is CN(C)CC1CCCCN1Cc1ccccc1. The molecule has 1 heterocycles. The third-order valence-corrected chi connectivity index (χ3v) is 3.55. The summed E-state index contributed by atoms with van der Waals surface area (Å²) in [7, 11) is 4.35. The van der Waals surface area contributed by atoms with E-state index in [4.69, 9.17) is 0 Å². The van der Waals surface area contributed by atoms with Crippen LogP contribution in [0.5, 0.6) is 0 Å². The quantitative estimate of drug-likeness (QED) is 0.787. The monoisotopic (exact) mass is 232 g/mol. The average molecular weight is 232 g/mol. The Labute approximate surface area is 105 Å². The van der Waals surface area contributed by atoms with Crippen molar-refractivity contribution in [3.8, 4) is 0 Å². The zero-order chi connectivity index (χ0) is 12.1. The van der Waals surface area contributed by atoms with Crippen LogP contribution in [0.15, 0.2) is 30.3 Å². The summed E-state index contributed by atoms with van der Waals surface area (Å²) in [5, 5.41) is 0. The number of nitrogens with zero attached hydrogens (tertiary/aromatic N) is 2. The van der Waals surface area contributed by atoms with Gasteiger partial charge in [-0.25, -0.2) is 0 Å². The van der Waals surface area contributed by atoms with Crippen LogP contribution in [-0.2, 0) is 6.54 Å². The Kier molecular flexibility index (Phi) is 4.57. The van der Waals surface area contributed by atoms with E-state index in [-0.39, 0.29) is 0 Å². The van der Waals surface area contributed by atoms with Crippen molar-refractivity contribution in [2.45, 2.75) is 31.8 Å². The van der Waals surface area contributed by atoms with Crippen molar-refractivity contribution in [2.24, 2.45) is 0 Å². The maximum atomic E-state index is 2.65. The lowest BCUT2D eigenvalue weighted by atomic mass is 10.0. The second-order valence-corrected chi connectivity index (χ2v) is 5.37. The third-order valence-electron chi connectivity index (χ3n) is 3.55. The van der Waals surface area contributed by atoms with E-state index in [0.717, 1.165) is 12.6 Å². The molecule has 1 saturated heterocycles. The van der Waals surface area contributed by atoms with Crippen LogP contribution in [0.4, 0.5) is 0 Å². The van der Waals surface area contributed by atoms with Gasteiger partial charge in [0.05, 0.1) is 0 Å². The molecule has 0 spiro atoms. The zero-order valence-corrected chi connectivity index (χ0v) is 11.1. The molecule has 1 aromatic rings. The first kappa shape index (κ1) is 12.6. The normalized spacial score (nSPS) is 21.9. The van der Waals surface area contributed by atoms with Crippen LogP contribution in [0, 0.1) is 0 Å². The van der Waals surface area contributed by atoms with Gasteiger partial charge in [-0.05, 0) is 39.0 Å². The molecule has 1 aliphatic heterocycles. The van der Waals surface area contributed by atoms with Crippen LogP contribution in [0.2, 0.25) is 0 Å². The lowest BCUT2D eigenvalue weighted by Crippen LogP contribution is -2.44. The lowest BCUT2D eigenvalue weighted by molar-refractivity contribution is 0.114. The fourth-order valence-electron chi connectivity index (χ4n) is 2.71. The topological polar surface area (TPSA) is 6.48 Å². The second-order valence-electron chi connectivity index (χ2n) is 5.37. The van der Waals surface area contributed by atoms with Crippen LogP contribution < -0.4 is 0 Å². The molecule has 1 atom stereocenters. The molecule has 1 aromatic carbocycles. The Morgan fingerprint density at radius 3 is 2.65 bits per heavy atom. The molecule has 0 radical (unpaired) electrons. The van der Waals surface area contributed by atoms with Crippen molar-refractivity contribution >= 4 is 0 Å². The zero-order valence-electron chi connectivity index (χ0n) is 11.1. The van der Waals surface area contributed by atoms with E-state index in [1.54, 1.807) is 0 Å². The van der Waals surface area contributed by atoms with E-state index in [9.17, 15) is 0 Å². The van der Waals surface area contributed by atoms with Crippen molar-refractivity contribution in [1.82, 2.24) is 9.80 Å². The number of benzene rings is 1. The summed E-state index contributed by atoms with van der Waals surface area (Å²) < 4.78 is 0. The third kappa shape index (κ3) is 3.83. The predicted molar refractivity (Wildman–Crippen MR) is 73.0 cm³/mol. The maximum Gasteiger partial charge on any atom is 0.0237 e. The van der Waals surface area contributed by atoms with Crippen LogP contribution in [0.3, 0.4) is 0 Å². The minimum absolute atomic E-state index is 0.735. The molecule has 2 heteroatoms. The highest BCUT2D eigenvalue weighted by Gasteiger charge is 2.22. The Bertz CT molecular complexity index is 321. The van der Waals surface area contributed by atoms with Crippen molar-refractivity contribution in [1.29, 1.82) is 0 Å². The molecule has 0 amide bonds. The van der Waals surface area contributed by atoms with Crippen LogP contribution >= 0.6 is 0 Å². The highest BCUT2D eigenvalue weighted by molar-refractivity contribution is 5.14. The van der Waals surface area contributed by atoms with E-state index in [1.165, 1.54) is 37.9 Å². The Hall–Kier alpha value is -0.860. The van der Waals surface area contributed by atoms with Gasteiger partial charge >= 0.3 is 0 Å². The summed E-state index contributed by atoms with van der Waals surface area (Å²) in [5.74, 6) is 0. The largest absolute Gasteiger partial charge is 0.308 e. The number of rotatable bonds is 4. The minimum atomic E-state index is 0.735. The summed E-state index contributed by atoms with van der Waals surface area (Å²) in [4.78, 5) is 4.97. The molecule has 1 aliphatic rings. The van der Waals surface area contributed by atoms with Gasteiger partial charge < -0.3 is 4.90 Å². The molecule has 0 aliphatic carbocycles. The van der Waals surface area contributed by atoms with Gasteiger partial charge in [-0.3, -0.25) is 4.90 Å². The fraction of sp³-hybridized carbons (Fsp3) is 0.600. The van der Waals surface area contributed by atoms with Crippen LogP contribution in [-0.4, -0.2) is 43.0 Å². The molecule has 94 valence electrons. The molecule has 0 bridgehead atoms. The average Bonchev–Trinajstić information content (AvgIpc) is 2.32. The highest BCUT2D eigenvalue weighted by atomic mass is 15.2. The van der Waals surface area contributed by atoms with Gasteiger partial charge in [0.25, 0.3) is 0 Å². The maximum absolute atomic E-state index is 2.65. The summed E-state index contributed by atoms with van der Waals surface area (Å²) in [6, 6.07) is 11.6. The summed E-state index contributed by atoms with van der Waals surface area (Å²) in [6.45, 7) is 3.56. The Morgan fingerprint density at radius 1 is 1.18 bits per heavy atom. The molecule has 0 aromatic heterocycles. The van der Waals surface area contributed by atoms with Gasteiger partial charge in [0.1, 0.15) is 0 Å². The van der Waals surface area contributed by atoms with Gasteiger partial charge in [-0.1, -0.05) is 36.8 Å². The highest BCUT2D eigenvalue weighted by Crippen LogP contribution is 2.19. The number of likely N-dealkylation sites (N-methyl/N-ethyl adjacent to an activating group) is 1. The Balaban J connectivity index is 1.96. The van der Waals surface area contributed by atoms with Crippen LogP contribution in [0.1, 0.15) is 24.8 Å². The van der Waals surface area contributed by atoms with Gasteiger partial charge in [-0.15, -0.1) is 0 Å². The second kappa shape index (κ2) is 6.18. The molecule has 0 saturated carbocycles. The molecular formula is C15H24N2. The van der Waals surface area contributed by atoms with Crippen LogP contribution in [0.25, 0.3) is 0 Å². The summed E-state index contributed by atoms with van der Waals surface area (Å²) >= 11 is 0. The molecule has 0 N–H and O–H groups in total. The van der Waals surface area contributed by atoms with E-state index in [2.05, 4.69) is 54.2 Å². The van der Waals surface area contributed by atoms with Gasteiger partial charge in [0.15, 0.2) is 0 Å². The molecule has 2 rings (SSSR count). The van der Waals surface area contributed by atoms with Crippen molar-refractivity contribution in [3.63, 3.8) is 0 Å². The summed E-state index contributed by atoms with van der Waals surface area (Å²) in [5.41, 5.74) is 1.44. The molecule has 2 nitrogen and oxygen atoms in total. The minimum Gasteiger partial charge on any atom is -0.308 e. The van der Waals surface area contributed by atoms with Gasteiger partial charge in [0.2, 0.25) is 0 Å². The van der Waals surface area contributed by atoms with Gasteiger partial charge in [-0.2, -0.15) is 0 Å². The van der Waals surface area contributed by atoms with Crippen molar-refractivity contribution in [2.75, 3.05) is 27.2 Å². The number of likely N-dealkylation sites (tertiary alicyclic amines) is 1. The fourth-order valence-corrected chi connectivity index (χ4v) is 2.71. The standard InChI is InChI=1S/C15H24N2/c1-16(2)13-15-10-6-7-11-17(15)12-14-8-4-3-5-9-14/h3-5,8-9,15H,6-7,10-13H2,1-2H3. The summed E-state index contributed by atoms with van der Waals surface area (Å²) in [6.07, 6.45) is 4.10. The number of hydrogen-bond donors (Lipinski definition) is 0. The lowest BCUT2D eigenvalue weighted by Gasteiger charge is -2.37. The molecule has 1 fully saturated rings. The predicted octanol–water partition coefficient (Wildman–Crippen LogP) is 2.60.